The number of benzene rings is 3. The van der Waals surface area contributed by atoms with Crippen LogP contribution in [0.4, 0.5) is 0 Å². The van der Waals surface area contributed by atoms with Gasteiger partial charge < -0.3 is 20.1 Å². The van der Waals surface area contributed by atoms with Crippen LogP contribution in [0.25, 0.3) is 0 Å². The molecule has 0 unspecified atom stereocenters. The number of hydrogen-bond donors (Lipinski definition) is 3. The van der Waals surface area contributed by atoms with Gasteiger partial charge in [0.1, 0.15) is 6.61 Å². The molecule has 5 heteroatoms. The molecule has 0 amide bonds. The molecule has 0 saturated heterocycles. The second kappa shape index (κ2) is 7.61. The van der Waals surface area contributed by atoms with Crippen LogP contribution in [-0.2, 0) is 13.0 Å². The summed E-state index contributed by atoms with van der Waals surface area (Å²) >= 11 is 0. The molecule has 3 aromatic rings. The van der Waals surface area contributed by atoms with Gasteiger partial charge >= 0.3 is 5.97 Å². The van der Waals surface area contributed by atoms with Crippen LogP contribution in [0, 0.1) is 0 Å². The number of ether oxygens (including phenoxy) is 1. The van der Waals surface area contributed by atoms with Crippen LogP contribution in [0.5, 0.6) is 17.2 Å². The first-order valence-corrected chi connectivity index (χ1v) is 8.08. The summed E-state index contributed by atoms with van der Waals surface area (Å²) in [5, 5.41) is 30.2. The molecule has 0 spiro atoms. The maximum absolute atomic E-state index is 11.7. The van der Waals surface area contributed by atoms with Crippen molar-refractivity contribution in [3.05, 3.63) is 89.0 Å². The normalized spacial score (nSPS) is 10.5. The highest BCUT2D eigenvalue weighted by Crippen LogP contribution is 2.41. The summed E-state index contributed by atoms with van der Waals surface area (Å²) in [5.74, 6) is -2.20. The zero-order chi connectivity index (χ0) is 18.5. The molecule has 132 valence electrons. The molecule has 0 fully saturated rings. The van der Waals surface area contributed by atoms with Gasteiger partial charge in [-0.05, 0) is 17.2 Å². The number of rotatable bonds is 6. The first-order valence-electron chi connectivity index (χ1n) is 8.08. The first kappa shape index (κ1) is 17.4. The SMILES string of the molecule is O=C(O)c1cc(OCc2ccccc2)c(O)c(O)c1Cc1ccccc1. The van der Waals surface area contributed by atoms with Crippen molar-refractivity contribution >= 4 is 5.97 Å². The number of carboxylic acid groups (broad SMARTS) is 1. The van der Waals surface area contributed by atoms with Crippen LogP contribution in [0.15, 0.2) is 66.7 Å². The second-order valence-corrected chi connectivity index (χ2v) is 5.84. The van der Waals surface area contributed by atoms with E-state index in [2.05, 4.69) is 0 Å². The maximum Gasteiger partial charge on any atom is 0.336 e. The molecule has 0 saturated carbocycles. The molecule has 0 aliphatic carbocycles. The zero-order valence-electron chi connectivity index (χ0n) is 13.9. The minimum absolute atomic E-state index is 0.0689. The molecule has 5 nitrogen and oxygen atoms in total. The minimum Gasteiger partial charge on any atom is -0.504 e. The number of phenolic OH excluding ortho intramolecular Hbond substituents is 2. The number of carboxylic acids is 1. The smallest absolute Gasteiger partial charge is 0.336 e. The summed E-state index contributed by atoms with van der Waals surface area (Å²) in [6.07, 6.45) is 0.181. The van der Waals surface area contributed by atoms with E-state index in [9.17, 15) is 20.1 Å². The van der Waals surface area contributed by atoms with E-state index in [1.807, 2.05) is 60.7 Å². The second-order valence-electron chi connectivity index (χ2n) is 5.84. The van der Waals surface area contributed by atoms with Crippen molar-refractivity contribution in [1.29, 1.82) is 0 Å². The molecule has 0 radical (unpaired) electrons. The number of phenols is 2. The summed E-state index contributed by atoms with van der Waals surface area (Å²) < 4.78 is 5.53. The fourth-order valence-corrected chi connectivity index (χ4v) is 2.69. The Hall–Kier alpha value is -3.47. The van der Waals surface area contributed by atoms with Gasteiger partial charge in [-0.2, -0.15) is 0 Å². The van der Waals surface area contributed by atoms with Gasteiger partial charge in [-0.3, -0.25) is 0 Å². The van der Waals surface area contributed by atoms with E-state index >= 15 is 0 Å². The van der Waals surface area contributed by atoms with Crippen LogP contribution in [0.1, 0.15) is 27.0 Å². The Kier molecular flexibility index (Phi) is 5.08. The van der Waals surface area contributed by atoms with Gasteiger partial charge in [-0.25, -0.2) is 4.79 Å². The standard InChI is InChI=1S/C21H18O5/c22-19-16(11-14-7-3-1-4-8-14)17(21(24)25)12-18(20(19)23)26-13-15-9-5-2-6-10-15/h1-10,12,22-23H,11,13H2,(H,24,25). The van der Waals surface area contributed by atoms with Gasteiger partial charge in [0.25, 0.3) is 0 Å². The topological polar surface area (TPSA) is 87.0 Å². The van der Waals surface area contributed by atoms with E-state index in [0.717, 1.165) is 11.1 Å². The van der Waals surface area contributed by atoms with E-state index in [0.29, 0.717) is 0 Å². The molecule has 3 rings (SSSR count). The number of carbonyl (C=O) groups is 1. The number of aromatic hydroxyl groups is 2. The van der Waals surface area contributed by atoms with Gasteiger partial charge in [0.2, 0.25) is 5.75 Å². The van der Waals surface area contributed by atoms with E-state index in [1.165, 1.54) is 6.07 Å². The van der Waals surface area contributed by atoms with Crippen molar-refractivity contribution in [2.45, 2.75) is 13.0 Å². The fraction of sp³-hybridized carbons (Fsp3) is 0.0952. The monoisotopic (exact) mass is 350 g/mol. The van der Waals surface area contributed by atoms with Gasteiger partial charge in [-0.15, -0.1) is 0 Å². The third-order valence-electron chi connectivity index (χ3n) is 4.04. The summed E-state index contributed by atoms with van der Waals surface area (Å²) in [7, 11) is 0. The number of hydrogen-bond acceptors (Lipinski definition) is 4. The molecule has 0 aromatic heterocycles. The number of aromatic carboxylic acids is 1. The van der Waals surface area contributed by atoms with Gasteiger partial charge in [0.05, 0.1) is 5.56 Å². The molecule has 0 heterocycles. The Balaban J connectivity index is 1.94. The molecular formula is C21H18O5. The quantitative estimate of drug-likeness (QED) is 0.586. The Morgan fingerprint density at radius 2 is 1.42 bits per heavy atom. The Morgan fingerprint density at radius 3 is 2.00 bits per heavy atom. The van der Waals surface area contributed by atoms with E-state index in [1.54, 1.807) is 0 Å². The molecule has 0 bridgehead atoms. The lowest BCUT2D eigenvalue weighted by Gasteiger charge is -2.15. The Labute approximate surface area is 150 Å². The van der Waals surface area contributed by atoms with Crippen molar-refractivity contribution in [2.75, 3.05) is 0 Å². The van der Waals surface area contributed by atoms with Crippen LogP contribution in [-0.4, -0.2) is 21.3 Å². The molecule has 0 aliphatic rings. The summed E-state index contributed by atoms with van der Waals surface area (Å²) in [5.41, 5.74) is 1.72. The third kappa shape index (κ3) is 3.78. The zero-order valence-corrected chi connectivity index (χ0v) is 13.9. The highest BCUT2D eigenvalue weighted by Gasteiger charge is 2.22. The molecular weight excluding hydrogens is 332 g/mol. The van der Waals surface area contributed by atoms with Gasteiger partial charge in [0.15, 0.2) is 11.5 Å². The molecule has 26 heavy (non-hydrogen) atoms. The molecule has 0 atom stereocenters. The van der Waals surface area contributed by atoms with Crippen molar-refractivity contribution in [3.63, 3.8) is 0 Å². The average molecular weight is 350 g/mol. The summed E-state index contributed by atoms with van der Waals surface area (Å²) in [6, 6.07) is 19.6. The lowest BCUT2D eigenvalue weighted by atomic mass is 9.97. The highest BCUT2D eigenvalue weighted by atomic mass is 16.5. The van der Waals surface area contributed by atoms with Gasteiger partial charge in [-0.1, -0.05) is 60.7 Å². The lowest BCUT2D eigenvalue weighted by molar-refractivity contribution is 0.0694. The predicted octanol–water partition coefficient (Wildman–Crippen LogP) is 3.97. The van der Waals surface area contributed by atoms with E-state index < -0.39 is 17.5 Å². The summed E-state index contributed by atoms with van der Waals surface area (Å²) in [6.45, 7) is 0.144. The van der Waals surface area contributed by atoms with Crippen molar-refractivity contribution in [3.8, 4) is 17.2 Å². The maximum atomic E-state index is 11.7. The van der Waals surface area contributed by atoms with Gasteiger partial charge in [0, 0.05) is 12.0 Å². The molecule has 0 aliphatic heterocycles. The van der Waals surface area contributed by atoms with Crippen LogP contribution in [0.3, 0.4) is 0 Å². The summed E-state index contributed by atoms with van der Waals surface area (Å²) in [4.78, 5) is 11.7. The Bertz CT molecular complexity index is 905. The first-order chi connectivity index (χ1) is 12.6. The van der Waals surface area contributed by atoms with E-state index in [4.69, 9.17) is 4.74 Å². The van der Waals surface area contributed by atoms with Crippen molar-refractivity contribution < 1.29 is 24.9 Å². The van der Waals surface area contributed by atoms with Crippen molar-refractivity contribution in [2.24, 2.45) is 0 Å². The van der Waals surface area contributed by atoms with E-state index in [-0.39, 0.29) is 29.9 Å². The Morgan fingerprint density at radius 1 is 0.846 bits per heavy atom. The average Bonchev–Trinajstić information content (AvgIpc) is 2.66. The van der Waals surface area contributed by atoms with Crippen LogP contribution < -0.4 is 4.74 Å². The minimum atomic E-state index is -1.20. The predicted molar refractivity (Wildman–Crippen MR) is 96.8 cm³/mol. The third-order valence-corrected chi connectivity index (χ3v) is 4.04. The van der Waals surface area contributed by atoms with Crippen LogP contribution >= 0.6 is 0 Å². The van der Waals surface area contributed by atoms with Crippen LogP contribution in [0.2, 0.25) is 0 Å². The molecule has 3 N–H and O–H groups in total. The molecule has 3 aromatic carbocycles. The fourth-order valence-electron chi connectivity index (χ4n) is 2.69. The van der Waals surface area contributed by atoms with Crippen molar-refractivity contribution in [1.82, 2.24) is 0 Å². The highest BCUT2D eigenvalue weighted by molar-refractivity contribution is 5.92. The lowest BCUT2D eigenvalue weighted by Crippen LogP contribution is -2.06. The largest absolute Gasteiger partial charge is 0.504 e.